The van der Waals surface area contributed by atoms with Crippen molar-refractivity contribution in [2.24, 2.45) is 0 Å². The zero-order valence-corrected chi connectivity index (χ0v) is 17.4. The highest BCUT2D eigenvalue weighted by atomic mass is 79.9. The molecule has 140 valence electrons. The number of anilines is 1. The monoisotopic (exact) mass is 437 g/mol. The molecular formula is C20H25BrClN3O. The summed E-state index contributed by atoms with van der Waals surface area (Å²) in [6.45, 7) is 7.30. The molecule has 0 aromatic heterocycles. The van der Waals surface area contributed by atoms with Gasteiger partial charge in [-0.3, -0.25) is 14.6 Å². The van der Waals surface area contributed by atoms with Gasteiger partial charge in [-0.2, -0.15) is 0 Å². The highest BCUT2D eigenvalue weighted by molar-refractivity contribution is 9.10. The molecule has 0 aliphatic carbocycles. The maximum absolute atomic E-state index is 12.3. The summed E-state index contributed by atoms with van der Waals surface area (Å²) >= 11 is 3.51. The number of piperazine rings is 1. The van der Waals surface area contributed by atoms with Crippen LogP contribution >= 0.6 is 28.3 Å². The number of halogens is 2. The average molecular weight is 439 g/mol. The summed E-state index contributed by atoms with van der Waals surface area (Å²) in [7, 11) is 0. The van der Waals surface area contributed by atoms with Crippen molar-refractivity contribution < 1.29 is 4.79 Å². The lowest BCUT2D eigenvalue weighted by Crippen LogP contribution is -2.48. The van der Waals surface area contributed by atoms with Crippen molar-refractivity contribution in [3.63, 3.8) is 0 Å². The third-order valence-electron chi connectivity index (χ3n) is 4.48. The topological polar surface area (TPSA) is 35.6 Å². The molecule has 1 aliphatic rings. The lowest BCUT2D eigenvalue weighted by Gasteiger charge is -2.34. The van der Waals surface area contributed by atoms with Crippen LogP contribution in [0.5, 0.6) is 0 Å². The SMILES string of the molecule is Cc1ccc(NC(=O)CN2CCN(Cc3ccccc3)CC2)c(Br)c1.Cl. The molecule has 1 amide bonds. The lowest BCUT2D eigenvalue weighted by molar-refractivity contribution is -0.117. The summed E-state index contributed by atoms with van der Waals surface area (Å²) in [6, 6.07) is 16.5. The van der Waals surface area contributed by atoms with Gasteiger partial charge in [-0.05, 0) is 46.1 Å². The molecule has 1 fully saturated rings. The molecule has 4 nitrogen and oxygen atoms in total. The average Bonchev–Trinajstić information content (AvgIpc) is 2.60. The molecule has 0 bridgehead atoms. The third-order valence-corrected chi connectivity index (χ3v) is 5.14. The van der Waals surface area contributed by atoms with E-state index in [0.29, 0.717) is 6.54 Å². The summed E-state index contributed by atoms with van der Waals surface area (Å²) in [5.74, 6) is 0.0427. The highest BCUT2D eigenvalue weighted by Crippen LogP contribution is 2.23. The Kier molecular flexibility index (Phi) is 8.10. The molecule has 6 heteroatoms. The van der Waals surface area contributed by atoms with Crippen LogP contribution < -0.4 is 5.32 Å². The molecule has 1 aliphatic heterocycles. The molecule has 2 aromatic rings. The van der Waals surface area contributed by atoms with Gasteiger partial charge in [0.25, 0.3) is 0 Å². The van der Waals surface area contributed by atoms with Gasteiger partial charge in [0.1, 0.15) is 0 Å². The van der Waals surface area contributed by atoms with Gasteiger partial charge >= 0.3 is 0 Å². The quantitative estimate of drug-likeness (QED) is 0.768. The Morgan fingerprint density at radius 3 is 2.35 bits per heavy atom. The van der Waals surface area contributed by atoms with Crippen LogP contribution in [0, 0.1) is 6.92 Å². The largest absolute Gasteiger partial charge is 0.324 e. The summed E-state index contributed by atoms with van der Waals surface area (Å²) in [5, 5.41) is 2.99. The molecule has 0 spiro atoms. The van der Waals surface area contributed by atoms with Gasteiger partial charge in [0, 0.05) is 37.2 Å². The number of nitrogens with zero attached hydrogens (tertiary/aromatic N) is 2. The Morgan fingerprint density at radius 1 is 1.04 bits per heavy atom. The van der Waals surface area contributed by atoms with Crippen LogP contribution in [0.15, 0.2) is 53.0 Å². The summed E-state index contributed by atoms with van der Waals surface area (Å²) in [6.07, 6.45) is 0. The van der Waals surface area contributed by atoms with E-state index in [1.165, 1.54) is 11.1 Å². The van der Waals surface area contributed by atoms with Gasteiger partial charge in [0.05, 0.1) is 12.2 Å². The lowest BCUT2D eigenvalue weighted by atomic mass is 10.2. The molecule has 1 saturated heterocycles. The van der Waals surface area contributed by atoms with E-state index in [4.69, 9.17) is 0 Å². The predicted molar refractivity (Wildman–Crippen MR) is 113 cm³/mol. The van der Waals surface area contributed by atoms with Gasteiger partial charge < -0.3 is 5.32 Å². The Labute approximate surface area is 170 Å². The van der Waals surface area contributed by atoms with E-state index >= 15 is 0 Å². The number of nitrogens with one attached hydrogen (secondary N) is 1. The van der Waals surface area contributed by atoms with E-state index in [1.807, 2.05) is 31.2 Å². The summed E-state index contributed by atoms with van der Waals surface area (Å²) in [4.78, 5) is 17.0. The standard InChI is InChI=1S/C20H24BrN3O.ClH/c1-16-7-8-19(18(21)13-16)22-20(25)15-24-11-9-23(10-12-24)14-17-5-3-2-4-6-17;/h2-8,13H,9-12,14-15H2,1H3,(H,22,25);1H. The first kappa shape index (κ1) is 20.9. The number of aryl methyl sites for hydroxylation is 1. The van der Waals surface area contributed by atoms with Crippen LogP contribution in [0.3, 0.4) is 0 Å². The second-order valence-corrected chi connectivity index (χ2v) is 7.42. The molecule has 0 atom stereocenters. The number of hydrogen-bond acceptors (Lipinski definition) is 3. The van der Waals surface area contributed by atoms with E-state index < -0.39 is 0 Å². The molecule has 1 N–H and O–H groups in total. The van der Waals surface area contributed by atoms with Crippen LogP contribution in [0.4, 0.5) is 5.69 Å². The van der Waals surface area contributed by atoms with Crippen molar-refractivity contribution in [3.05, 3.63) is 64.1 Å². The highest BCUT2D eigenvalue weighted by Gasteiger charge is 2.19. The number of amides is 1. The van der Waals surface area contributed by atoms with Crippen LogP contribution in [0.25, 0.3) is 0 Å². The van der Waals surface area contributed by atoms with Gasteiger partial charge in [-0.1, -0.05) is 36.4 Å². The van der Waals surface area contributed by atoms with Crippen LogP contribution in [0.2, 0.25) is 0 Å². The van der Waals surface area contributed by atoms with E-state index in [2.05, 4.69) is 55.3 Å². The summed E-state index contributed by atoms with van der Waals surface area (Å²) in [5.41, 5.74) is 3.34. The zero-order chi connectivity index (χ0) is 17.6. The van der Waals surface area contributed by atoms with Crippen molar-refractivity contribution in [3.8, 4) is 0 Å². The molecule has 0 saturated carbocycles. The fourth-order valence-electron chi connectivity index (χ4n) is 3.06. The normalized spacial score (nSPS) is 15.3. The van der Waals surface area contributed by atoms with E-state index in [0.717, 1.165) is 42.9 Å². The first-order chi connectivity index (χ1) is 12.1. The minimum atomic E-state index is 0. The summed E-state index contributed by atoms with van der Waals surface area (Å²) < 4.78 is 0.925. The van der Waals surface area contributed by atoms with E-state index in [-0.39, 0.29) is 18.3 Å². The Morgan fingerprint density at radius 2 is 1.69 bits per heavy atom. The van der Waals surface area contributed by atoms with Crippen molar-refractivity contribution in [1.82, 2.24) is 9.80 Å². The van der Waals surface area contributed by atoms with Gasteiger partial charge in [0.2, 0.25) is 5.91 Å². The maximum atomic E-state index is 12.3. The first-order valence-corrected chi connectivity index (χ1v) is 9.44. The molecular weight excluding hydrogens is 414 g/mol. The second kappa shape index (κ2) is 10.1. The van der Waals surface area contributed by atoms with Crippen LogP contribution in [-0.2, 0) is 11.3 Å². The Bertz CT molecular complexity index is 718. The van der Waals surface area contributed by atoms with Crippen molar-refractivity contribution >= 4 is 39.9 Å². The minimum absolute atomic E-state index is 0. The second-order valence-electron chi connectivity index (χ2n) is 6.57. The molecule has 3 rings (SSSR count). The van der Waals surface area contributed by atoms with Crippen molar-refractivity contribution in [2.75, 3.05) is 38.0 Å². The Balaban J connectivity index is 0.00000243. The molecule has 0 radical (unpaired) electrons. The number of benzene rings is 2. The van der Waals surface area contributed by atoms with Gasteiger partial charge in [0.15, 0.2) is 0 Å². The minimum Gasteiger partial charge on any atom is -0.324 e. The predicted octanol–water partition coefficient (Wildman–Crippen LogP) is 3.94. The molecule has 26 heavy (non-hydrogen) atoms. The van der Waals surface area contributed by atoms with Crippen LogP contribution in [0.1, 0.15) is 11.1 Å². The number of carbonyl (C=O) groups excluding carboxylic acids is 1. The molecule has 1 heterocycles. The first-order valence-electron chi connectivity index (χ1n) is 8.65. The fourth-order valence-corrected chi connectivity index (χ4v) is 3.65. The fraction of sp³-hybridized carbons (Fsp3) is 0.350. The van der Waals surface area contributed by atoms with Crippen LogP contribution in [-0.4, -0.2) is 48.4 Å². The van der Waals surface area contributed by atoms with Crippen molar-refractivity contribution in [2.45, 2.75) is 13.5 Å². The Hall–Kier alpha value is -1.40. The van der Waals surface area contributed by atoms with E-state index in [9.17, 15) is 4.79 Å². The third kappa shape index (κ3) is 6.09. The van der Waals surface area contributed by atoms with Gasteiger partial charge in [-0.25, -0.2) is 0 Å². The number of carbonyl (C=O) groups is 1. The molecule has 2 aromatic carbocycles. The number of rotatable bonds is 5. The maximum Gasteiger partial charge on any atom is 0.238 e. The van der Waals surface area contributed by atoms with Crippen molar-refractivity contribution in [1.29, 1.82) is 0 Å². The smallest absolute Gasteiger partial charge is 0.238 e. The molecule has 0 unspecified atom stereocenters. The zero-order valence-electron chi connectivity index (χ0n) is 15.0. The van der Waals surface area contributed by atoms with Gasteiger partial charge in [-0.15, -0.1) is 12.4 Å². The van der Waals surface area contributed by atoms with E-state index in [1.54, 1.807) is 0 Å². The number of hydrogen-bond donors (Lipinski definition) is 1.